The third kappa shape index (κ3) is 5.32. The number of pyridine rings is 1. The summed E-state index contributed by atoms with van der Waals surface area (Å²) in [5, 5.41) is 0.0673. The van der Waals surface area contributed by atoms with Gasteiger partial charge in [-0.05, 0) is 44.0 Å². The van der Waals surface area contributed by atoms with Crippen molar-refractivity contribution in [3.8, 4) is 5.75 Å². The minimum atomic E-state index is -0.502. The van der Waals surface area contributed by atoms with Crippen LogP contribution >= 0.6 is 27.5 Å². The van der Waals surface area contributed by atoms with Crippen molar-refractivity contribution in [2.75, 3.05) is 13.3 Å². The molecule has 0 N–H and O–H groups in total. The van der Waals surface area contributed by atoms with Crippen LogP contribution in [0.15, 0.2) is 39.7 Å². The molecule has 2 rings (SSSR count). The lowest BCUT2D eigenvalue weighted by Gasteiger charge is -2.23. The minimum absolute atomic E-state index is 0.0673. The summed E-state index contributed by atoms with van der Waals surface area (Å²) < 4.78 is 25.4. The normalized spacial score (nSPS) is 11.6. The third-order valence-corrected chi connectivity index (χ3v) is 4.80. The maximum absolute atomic E-state index is 12.4. The number of nitrogens with zero attached hydrogens (tertiary/aromatic N) is 1. The second-order valence-electron chi connectivity index (χ2n) is 6.80. The summed E-state index contributed by atoms with van der Waals surface area (Å²) in [5.74, 6) is 0.351. The smallest absolute Gasteiger partial charge is 0.273 e. The van der Waals surface area contributed by atoms with Gasteiger partial charge in [0.2, 0.25) is 0 Å². The Morgan fingerprint density at radius 2 is 1.96 bits per heavy atom. The standard InChI is InChI=1S/C19H22BrClFNO3/c1-19(2,3)23-8-6-16(17(21)18(23)24)26-11-13-4-5-14(15(20)10-13)12-25-9-7-22/h4-6,8,10H,7,9,11-12H2,1-3H3. The van der Waals surface area contributed by atoms with Gasteiger partial charge >= 0.3 is 0 Å². The first kappa shape index (κ1) is 20.9. The van der Waals surface area contributed by atoms with E-state index in [0.29, 0.717) is 12.4 Å². The summed E-state index contributed by atoms with van der Waals surface area (Å²) in [6, 6.07) is 7.38. The highest BCUT2D eigenvalue weighted by molar-refractivity contribution is 9.10. The fraction of sp³-hybridized carbons (Fsp3) is 0.421. The maximum Gasteiger partial charge on any atom is 0.273 e. The molecular formula is C19H22BrClFNO3. The molecule has 0 bridgehead atoms. The molecule has 0 unspecified atom stereocenters. The van der Waals surface area contributed by atoms with Gasteiger partial charge in [-0.3, -0.25) is 4.79 Å². The molecule has 2 aromatic rings. The Kier molecular flexibility index (Phi) is 7.26. The summed E-state index contributed by atoms with van der Waals surface area (Å²) in [6.45, 7) is 5.98. The van der Waals surface area contributed by atoms with E-state index in [2.05, 4.69) is 15.9 Å². The van der Waals surface area contributed by atoms with Crippen molar-refractivity contribution < 1.29 is 13.9 Å². The minimum Gasteiger partial charge on any atom is -0.487 e. The van der Waals surface area contributed by atoms with Crippen molar-refractivity contribution in [1.82, 2.24) is 4.57 Å². The van der Waals surface area contributed by atoms with Crippen LogP contribution in [0.4, 0.5) is 4.39 Å². The van der Waals surface area contributed by atoms with E-state index in [0.717, 1.165) is 15.6 Å². The number of hydrogen-bond acceptors (Lipinski definition) is 3. The first-order chi connectivity index (χ1) is 12.2. The van der Waals surface area contributed by atoms with Crippen molar-refractivity contribution in [3.05, 3.63) is 61.4 Å². The van der Waals surface area contributed by atoms with E-state index in [1.165, 1.54) is 0 Å². The maximum atomic E-state index is 12.4. The molecule has 0 radical (unpaired) electrons. The van der Waals surface area contributed by atoms with Crippen molar-refractivity contribution in [3.63, 3.8) is 0 Å². The Morgan fingerprint density at radius 1 is 1.23 bits per heavy atom. The average Bonchev–Trinajstić information content (AvgIpc) is 2.57. The van der Waals surface area contributed by atoms with Gasteiger partial charge in [-0.2, -0.15) is 0 Å². The van der Waals surface area contributed by atoms with Crippen LogP contribution in [0, 0.1) is 0 Å². The molecule has 26 heavy (non-hydrogen) atoms. The highest BCUT2D eigenvalue weighted by atomic mass is 79.9. The van der Waals surface area contributed by atoms with Gasteiger partial charge in [0.1, 0.15) is 24.1 Å². The topological polar surface area (TPSA) is 40.5 Å². The molecule has 0 spiro atoms. The molecule has 1 aromatic heterocycles. The second-order valence-corrected chi connectivity index (χ2v) is 8.03. The number of benzene rings is 1. The summed E-state index contributed by atoms with van der Waals surface area (Å²) >= 11 is 9.66. The van der Waals surface area contributed by atoms with Crippen molar-refractivity contribution in [2.24, 2.45) is 0 Å². The number of hydrogen-bond donors (Lipinski definition) is 0. The number of ether oxygens (including phenoxy) is 2. The van der Waals surface area contributed by atoms with E-state index in [9.17, 15) is 9.18 Å². The Hall–Kier alpha value is -1.37. The van der Waals surface area contributed by atoms with E-state index in [1.54, 1.807) is 16.8 Å². The van der Waals surface area contributed by atoms with Gasteiger partial charge in [-0.15, -0.1) is 0 Å². The number of aromatic nitrogens is 1. The first-order valence-corrected chi connectivity index (χ1v) is 9.36. The van der Waals surface area contributed by atoms with Crippen LogP contribution in [-0.2, 0) is 23.5 Å². The first-order valence-electron chi connectivity index (χ1n) is 8.19. The van der Waals surface area contributed by atoms with Gasteiger partial charge in [0.25, 0.3) is 5.56 Å². The molecule has 0 atom stereocenters. The predicted octanol–water partition coefficient (Wildman–Crippen LogP) is 5.08. The molecule has 1 heterocycles. The van der Waals surface area contributed by atoms with E-state index in [4.69, 9.17) is 21.1 Å². The average molecular weight is 447 g/mol. The summed E-state index contributed by atoms with van der Waals surface area (Å²) in [5.41, 5.74) is 1.19. The summed E-state index contributed by atoms with van der Waals surface area (Å²) in [7, 11) is 0. The third-order valence-electron chi connectivity index (χ3n) is 3.71. The largest absolute Gasteiger partial charge is 0.487 e. The molecule has 0 saturated heterocycles. The zero-order valence-corrected chi connectivity index (χ0v) is 17.4. The van der Waals surface area contributed by atoms with Gasteiger partial charge in [0.15, 0.2) is 0 Å². The highest BCUT2D eigenvalue weighted by Gasteiger charge is 2.18. The fourth-order valence-corrected chi connectivity index (χ4v) is 3.08. The van der Waals surface area contributed by atoms with Crippen molar-refractivity contribution >= 4 is 27.5 Å². The highest BCUT2D eigenvalue weighted by Crippen LogP contribution is 2.25. The molecule has 7 heteroatoms. The van der Waals surface area contributed by atoms with Crippen LogP contribution in [0.25, 0.3) is 0 Å². The molecular weight excluding hydrogens is 425 g/mol. The lowest BCUT2D eigenvalue weighted by molar-refractivity contribution is 0.106. The lowest BCUT2D eigenvalue weighted by Crippen LogP contribution is -2.33. The van der Waals surface area contributed by atoms with E-state index >= 15 is 0 Å². The summed E-state index contributed by atoms with van der Waals surface area (Å²) in [6.07, 6.45) is 1.69. The van der Waals surface area contributed by atoms with E-state index < -0.39 is 6.67 Å². The van der Waals surface area contributed by atoms with E-state index in [-0.39, 0.29) is 29.3 Å². The molecule has 0 aliphatic rings. The quantitative estimate of drug-likeness (QED) is 0.557. The predicted molar refractivity (Wildman–Crippen MR) is 105 cm³/mol. The van der Waals surface area contributed by atoms with Gasteiger partial charge in [0.05, 0.1) is 13.2 Å². The molecule has 142 valence electrons. The van der Waals surface area contributed by atoms with Crippen LogP contribution in [0.1, 0.15) is 31.9 Å². The number of halogens is 3. The van der Waals surface area contributed by atoms with Gasteiger partial charge < -0.3 is 14.0 Å². The molecule has 0 aliphatic carbocycles. The van der Waals surface area contributed by atoms with Crippen LogP contribution in [0.5, 0.6) is 5.75 Å². The van der Waals surface area contributed by atoms with Gasteiger partial charge in [-0.25, -0.2) is 4.39 Å². The fourth-order valence-electron chi connectivity index (χ4n) is 2.33. The Bertz CT molecular complexity index is 817. The molecule has 0 aliphatic heterocycles. The van der Waals surface area contributed by atoms with Gasteiger partial charge in [0, 0.05) is 16.2 Å². The Morgan fingerprint density at radius 3 is 2.58 bits per heavy atom. The zero-order chi connectivity index (χ0) is 19.3. The number of alkyl halides is 1. The summed E-state index contributed by atoms with van der Waals surface area (Å²) in [4.78, 5) is 12.4. The van der Waals surface area contributed by atoms with Crippen molar-refractivity contribution in [1.29, 1.82) is 0 Å². The monoisotopic (exact) mass is 445 g/mol. The van der Waals surface area contributed by atoms with Crippen LogP contribution in [0.3, 0.4) is 0 Å². The molecule has 1 aromatic carbocycles. The second kappa shape index (κ2) is 9.02. The zero-order valence-electron chi connectivity index (χ0n) is 15.0. The van der Waals surface area contributed by atoms with Gasteiger partial charge in [-0.1, -0.05) is 39.7 Å². The Balaban J connectivity index is 2.08. The Labute approximate surface area is 166 Å². The molecule has 0 saturated carbocycles. The molecule has 0 amide bonds. The van der Waals surface area contributed by atoms with Crippen LogP contribution < -0.4 is 10.3 Å². The lowest BCUT2D eigenvalue weighted by atomic mass is 10.1. The molecule has 0 fully saturated rings. The van der Waals surface area contributed by atoms with Crippen LogP contribution in [-0.4, -0.2) is 17.8 Å². The molecule has 4 nitrogen and oxygen atoms in total. The SMILES string of the molecule is CC(C)(C)n1ccc(OCc2ccc(COCCF)c(Br)c2)c(Cl)c1=O. The number of rotatable bonds is 7. The van der Waals surface area contributed by atoms with Crippen LogP contribution in [0.2, 0.25) is 5.02 Å². The van der Waals surface area contributed by atoms with E-state index in [1.807, 2.05) is 39.0 Å². The van der Waals surface area contributed by atoms with Crippen molar-refractivity contribution in [2.45, 2.75) is 39.5 Å².